The molecule has 0 aliphatic carbocycles. The smallest absolute Gasteiger partial charge is 0.331 e. The van der Waals surface area contributed by atoms with E-state index in [-0.39, 0.29) is 23.8 Å². The van der Waals surface area contributed by atoms with Gasteiger partial charge in [0.1, 0.15) is 17.0 Å². The standard InChI is InChI=1S/C27H29BrN4O5/c1-4-12-31-22-15-21(30-25(22)26(34)32(13-5-2)27(31)35)20-11-10-19(14-23(20)36-3)37-16-24(33)29-18-8-6-17(28)7-9-18/h6-11,14-15,30H,4-5,12-13,16H2,1-3H3,(H,29,33). The molecule has 2 aromatic carbocycles. The van der Waals surface area contributed by atoms with E-state index in [9.17, 15) is 14.4 Å². The van der Waals surface area contributed by atoms with Gasteiger partial charge in [0.2, 0.25) is 0 Å². The first-order chi connectivity index (χ1) is 17.9. The molecule has 2 heterocycles. The highest BCUT2D eigenvalue weighted by molar-refractivity contribution is 9.10. The highest BCUT2D eigenvalue weighted by Crippen LogP contribution is 2.34. The van der Waals surface area contributed by atoms with Gasteiger partial charge in [-0.25, -0.2) is 4.79 Å². The zero-order valence-corrected chi connectivity index (χ0v) is 22.6. The monoisotopic (exact) mass is 568 g/mol. The molecule has 0 fully saturated rings. The number of benzene rings is 2. The van der Waals surface area contributed by atoms with Crippen LogP contribution < -0.4 is 26.0 Å². The van der Waals surface area contributed by atoms with Gasteiger partial charge in [0.15, 0.2) is 6.61 Å². The number of nitrogens with zero attached hydrogens (tertiary/aromatic N) is 2. The van der Waals surface area contributed by atoms with Crippen molar-refractivity contribution in [2.45, 2.75) is 39.8 Å². The van der Waals surface area contributed by atoms with Crippen LogP contribution in [0.5, 0.6) is 11.5 Å². The van der Waals surface area contributed by atoms with E-state index < -0.39 is 0 Å². The summed E-state index contributed by atoms with van der Waals surface area (Å²) in [6.07, 6.45) is 1.43. The van der Waals surface area contributed by atoms with Gasteiger partial charge in [-0.2, -0.15) is 0 Å². The average molecular weight is 569 g/mol. The predicted octanol–water partition coefficient (Wildman–Crippen LogP) is 4.77. The molecule has 0 aliphatic rings. The quantitative estimate of drug-likeness (QED) is 0.286. The van der Waals surface area contributed by atoms with Crippen molar-refractivity contribution < 1.29 is 14.3 Å². The number of H-pyrrole nitrogens is 1. The summed E-state index contributed by atoms with van der Waals surface area (Å²) in [5.74, 6) is 0.657. The predicted molar refractivity (Wildman–Crippen MR) is 148 cm³/mol. The van der Waals surface area contributed by atoms with Gasteiger partial charge in [-0.05, 0) is 55.3 Å². The van der Waals surface area contributed by atoms with Crippen LogP contribution in [0, 0.1) is 0 Å². The Morgan fingerprint density at radius 2 is 1.70 bits per heavy atom. The lowest BCUT2D eigenvalue weighted by molar-refractivity contribution is -0.118. The molecule has 4 rings (SSSR count). The summed E-state index contributed by atoms with van der Waals surface area (Å²) in [4.78, 5) is 41.6. The molecule has 0 bridgehead atoms. The van der Waals surface area contributed by atoms with Crippen LogP contribution in [0.25, 0.3) is 22.3 Å². The second kappa shape index (κ2) is 11.5. The number of carbonyl (C=O) groups is 1. The van der Waals surface area contributed by atoms with E-state index in [1.54, 1.807) is 41.0 Å². The fourth-order valence-corrected chi connectivity index (χ4v) is 4.42. The lowest BCUT2D eigenvalue weighted by Gasteiger charge is -2.11. The number of nitrogens with one attached hydrogen (secondary N) is 2. The van der Waals surface area contributed by atoms with Crippen molar-refractivity contribution >= 4 is 38.6 Å². The molecule has 0 atom stereocenters. The lowest BCUT2D eigenvalue weighted by Crippen LogP contribution is -2.39. The van der Waals surface area contributed by atoms with E-state index in [1.165, 1.54) is 11.7 Å². The molecule has 2 N–H and O–H groups in total. The van der Waals surface area contributed by atoms with Crippen LogP contribution >= 0.6 is 15.9 Å². The van der Waals surface area contributed by atoms with Crippen LogP contribution in [0.4, 0.5) is 5.69 Å². The number of aryl methyl sites for hydroxylation is 1. The SMILES string of the molecule is CCCn1c(=O)c2[nH]c(-c3ccc(OCC(=O)Nc4ccc(Br)cc4)cc3OC)cc2n(CCC)c1=O. The number of aromatic nitrogens is 3. The summed E-state index contributed by atoms with van der Waals surface area (Å²) in [7, 11) is 1.53. The van der Waals surface area contributed by atoms with E-state index in [0.29, 0.717) is 59.0 Å². The number of anilines is 1. The number of halogens is 1. The van der Waals surface area contributed by atoms with E-state index in [2.05, 4.69) is 26.2 Å². The summed E-state index contributed by atoms with van der Waals surface area (Å²) in [5.41, 5.74) is 2.31. The Kier molecular flexibility index (Phi) is 8.17. The molecule has 10 heteroatoms. The van der Waals surface area contributed by atoms with E-state index in [4.69, 9.17) is 9.47 Å². The fourth-order valence-electron chi connectivity index (χ4n) is 4.16. The van der Waals surface area contributed by atoms with Crippen molar-refractivity contribution in [3.8, 4) is 22.8 Å². The molecule has 0 spiro atoms. The van der Waals surface area contributed by atoms with Crippen LogP contribution in [0.3, 0.4) is 0 Å². The lowest BCUT2D eigenvalue weighted by atomic mass is 10.1. The van der Waals surface area contributed by atoms with Crippen LogP contribution in [-0.2, 0) is 17.9 Å². The number of ether oxygens (including phenoxy) is 2. The number of fused-ring (bicyclic) bond motifs is 1. The number of aromatic amines is 1. The first kappa shape index (κ1) is 26.3. The van der Waals surface area contributed by atoms with Gasteiger partial charge in [-0.1, -0.05) is 29.8 Å². The Morgan fingerprint density at radius 1 is 1.00 bits per heavy atom. The summed E-state index contributed by atoms with van der Waals surface area (Å²) in [6.45, 7) is 4.60. The molecule has 2 aromatic heterocycles. The first-order valence-electron chi connectivity index (χ1n) is 12.1. The molecule has 0 radical (unpaired) electrons. The number of rotatable bonds is 10. The van der Waals surface area contributed by atoms with Gasteiger partial charge >= 0.3 is 5.69 Å². The van der Waals surface area contributed by atoms with Gasteiger partial charge in [0, 0.05) is 34.9 Å². The largest absolute Gasteiger partial charge is 0.496 e. The summed E-state index contributed by atoms with van der Waals surface area (Å²) < 4.78 is 15.1. The third-order valence-corrected chi connectivity index (χ3v) is 6.39. The van der Waals surface area contributed by atoms with Gasteiger partial charge < -0.3 is 19.8 Å². The van der Waals surface area contributed by atoms with Crippen molar-refractivity contribution in [2.24, 2.45) is 0 Å². The van der Waals surface area contributed by atoms with Crippen LogP contribution in [0.15, 0.2) is 62.6 Å². The molecule has 9 nitrogen and oxygen atoms in total. The van der Waals surface area contributed by atoms with Crippen molar-refractivity contribution in [1.29, 1.82) is 0 Å². The number of hydrogen-bond donors (Lipinski definition) is 2. The molecule has 37 heavy (non-hydrogen) atoms. The molecule has 194 valence electrons. The highest BCUT2D eigenvalue weighted by Gasteiger charge is 2.18. The Hall–Kier alpha value is -3.79. The van der Waals surface area contributed by atoms with Gasteiger partial charge in [-0.15, -0.1) is 0 Å². The van der Waals surface area contributed by atoms with Crippen molar-refractivity contribution in [3.63, 3.8) is 0 Å². The fraction of sp³-hybridized carbons (Fsp3) is 0.296. The van der Waals surface area contributed by atoms with E-state index >= 15 is 0 Å². The first-order valence-corrected chi connectivity index (χ1v) is 12.9. The van der Waals surface area contributed by atoms with Crippen molar-refractivity contribution in [2.75, 3.05) is 19.0 Å². The van der Waals surface area contributed by atoms with E-state index in [0.717, 1.165) is 10.9 Å². The third-order valence-electron chi connectivity index (χ3n) is 5.86. The zero-order chi connectivity index (χ0) is 26.5. The minimum absolute atomic E-state index is 0.175. The molecule has 0 unspecified atom stereocenters. The zero-order valence-electron chi connectivity index (χ0n) is 21.0. The summed E-state index contributed by atoms with van der Waals surface area (Å²) >= 11 is 3.36. The molecular weight excluding hydrogens is 540 g/mol. The Balaban J connectivity index is 1.61. The maximum Gasteiger partial charge on any atom is 0.331 e. The van der Waals surface area contributed by atoms with Crippen molar-refractivity contribution in [1.82, 2.24) is 14.1 Å². The second-order valence-electron chi connectivity index (χ2n) is 8.54. The normalized spacial score (nSPS) is 11.0. The minimum atomic E-state index is -0.337. The number of methoxy groups -OCH3 is 1. The summed E-state index contributed by atoms with van der Waals surface area (Å²) in [5, 5.41) is 2.78. The summed E-state index contributed by atoms with van der Waals surface area (Å²) in [6, 6.07) is 14.3. The number of hydrogen-bond acceptors (Lipinski definition) is 5. The maximum absolute atomic E-state index is 13.1. The molecule has 1 amide bonds. The van der Waals surface area contributed by atoms with Crippen LogP contribution in [-0.4, -0.2) is 33.7 Å². The Morgan fingerprint density at radius 3 is 2.38 bits per heavy atom. The molecular formula is C27H29BrN4O5. The minimum Gasteiger partial charge on any atom is -0.496 e. The molecule has 4 aromatic rings. The van der Waals surface area contributed by atoms with Crippen LogP contribution in [0.2, 0.25) is 0 Å². The maximum atomic E-state index is 13.1. The Labute approximate surface area is 222 Å². The topological polar surface area (TPSA) is 107 Å². The molecule has 0 aliphatic heterocycles. The third kappa shape index (κ3) is 5.64. The van der Waals surface area contributed by atoms with Crippen LogP contribution in [0.1, 0.15) is 26.7 Å². The second-order valence-corrected chi connectivity index (χ2v) is 9.46. The number of carbonyl (C=O) groups excluding carboxylic acids is 1. The Bertz CT molecular complexity index is 1540. The van der Waals surface area contributed by atoms with Gasteiger partial charge in [0.25, 0.3) is 11.5 Å². The number of amides is 1. The van der Waals surface area contributed by atoms with Crippen molar-refractivity contribution in [3.05, 3.63) is 73.8 Å². The molecule has 0 saturated heterocycles. The van der Waals surface area contributed by atoms with Gasteiger partial charge in [-0.3, -0.25) is 18.7 Å². The van der Waals surface area contributed by atoms with E-state index in [1.807, 2.05) is 26.0 Å². The average Bonchev–Trinajstić information content (AvgIpc) is 3.34. The molecule has 0 saturated carbocycles. The van der Waals surface area contributed by atoms with Gasteiger partial charge in [0.05, 0.1) is 18.3 Å². The highest BCUT2D eigenvalue weighted by atomic mass is 79.9.